The van der Waals surface area contributed by atoms with Crippen molar-refractivity contribution >= 4 is 15.9 Å². The summed E-state index contributed by atoms with van der Waals surface area (Å²) in [7, 11) is -3.41. The molecule has 8 heteroatoms. The van der Waals surface area contributed by atoms with E-state index in [1.165, 1.54) is 12.1 Å². The van der Waals surface area contributed by atoms with E-state index in [9.17, 15) is 17.6 Å². The molecule has 1 saturated carbocycles. The Kier molecular flexibility index (Phi) is 5.40. The summed E-state index contributed by atoms with van der Waals surface area (Å²) in [5, 5.41) is 0. The van der Waals surface area contributed by atoms with Crippen LogP contribution in [0.4, 0.5) is 4.39 Å². The van der Waals surface area contributed by atoms with E-state index in [0.717, 1.165) is 24.8 Å². The minimum atomic E-state index is -3.41. The van der Waals surface area contributed by atoms with Gasteiger partial charge in [-0.25, -0.2) is 17.5 Å². The molecule has 2 fully saturated rings. The second kappa shape index (κ2) is 7.74. The molecule has 1 N–H and O–H groups in total. The number of hydrogen-bond donors (Lipinski definition) is 1. The van der Waals surface area contributed by atoms with Crippen molar-refractivity contribution in [2.24, 2.45) is 5.41 Å². The zero-order chi connectivity index (χ0) is 21.5. The highest BCUT2D eigenvalue weighted by Gasteiger charge is 2.51. The zero-order valence-electron chi connectivity index (χ0n) is 17.1. The third kappa shape index (κ3) is 4.54. The topological polar surface area (TPSA) is 79.4 Å². The lowest BCUT2D eigenvalue weighted by Gasteiger charge is -2.30. The lowest BCUT2D eigenvalue weighted by molar-refractivity contribution is -0.137. The molecule has 0 bridgehead atoms. The van der Waals surface area contributed by atoms with Crippen molar-refractivity contribution in [3.05, 3.63) is 54.0 Å². The summed E-state index contributed by atoms with van der Waals surface area (Å²) >= 11 is 0. The number of rotatable bonds is 6. The average molecular weight is 432 g/mol. The Labute approximate surface area is 176 Å². The fourth-order valence-corrected chi connectivity index (χ4v) is 4.96. The summed E-state index contributed by atoms with van der Waals surface area (Å²) in [6, 6.07) is 11.1. The average Bonchev–Trinajstić information content (AvgIpc) is 3.33. The number of pyridine rings is 1. The molecule has 2 aromatic rings. The molecule has 2 atom stereocenters. The number of carbonyl (C=O) groups is 1. The summed E-state index contributed by atoms with van der Waals surface area (Å²) < 4.78 is 40.1. The predicted molar refractivity (Wildman–Crippen MR) is 113 cm³/mol. The molecule has 0 unspecified atom stereocenters. The fraction of sp³-hybridized carbons (Fsp3) is 0.455. The first-order valence-corrected chi connectivity index (χ1v) is 12.0. The Bertz CT molecular complexity index is 1070. The summed E-state index contributed by atoms with van der Waals surface area (Å²) in [5.74, 6) is -0.242. The highest BCUT2D eigenvalue weighted by atomic mass is 32.2. The number of benzene rings is 1. The first-order chi connectivity index (χ1) is 14.1. The van der Waals surface area contributed by atoms with Crippen LogP contribution in [0.15, 0.2) is 42.5 Å². The SMILES string of the molecule is CC1(C(=O)N2CC[C@@H](NS(C)(=O)=O)[C@H]2Cc2cccc(-c3cccc(F)c3)n2)CC1. The standard InChI is InChI=1S/C22H26FN3O3S/c1-22(10-11-22)21(27)26-12-9-19(25-30(2,28)29)20(26)14-17-7-4-8-18(24-17)15-5-3-6-16(23)13-15/h3-8,13,19-20,25H,9-12,14H2,1-2H3/t19-,20-/m1/s1. The Balaban J connectivity index is 1.61. The molecule has 1 aliphatic carbocycles. The summed E-state index contributed by atoms with van der Waals surface area (Å²) in [5.41, 5.74) is 1.73. The van der Waals surface area contributed by atoms with Crippen molar-refractivity contribution in [3.63, 3.8) is 0 Å². The van der Waals surface area contributed by atoms with Crippen LogP contribution in [0, 0.1) is 11.2 Å². The number of sulfonamides is 1. The number of hydrogen-bond acceptors (Lipinski definition) is 4. The number of nitrogens with zero attached hydrogens (tertiary/aromatic N) is 2. The molecule has 30 heavy (non-hydrogen) atoms. The summed E-state index contributed by atoms with van der Waals surface area (Å²) in [6.07, 6.45) is 3.87. The lowest BCUT2D eigenvalue weighted by Crippen LogP contribution is -2.49. The van der Waals surface area contributed by atoms with Gasteiger partial charge in [0.1, 0.15) is 5.82 Å². The highest BCUT2D eigenvalue weighted by molar-refractivity contribution is 7.88. The molecular weight excluding hydrogens is 405 g/mol. The van der Waals surface area contributed by atoms with Crippen molar-refractivity contribution in [2.45, 2.75) is 44.7 Å². The van der Waals surface area contributed by atoms with Gasteiger partial charge in [-0.15, -0.1) is 0 Å². The normalized spacial score (nSPS) is 22.8. The van der Waals surface area contributed by atoms with E-state index in [2.05, 4.69) is 9.71 Å². The molecule has 1 aromatic heterocycles. The molecule has 2 aliphatic rings. The van der Waals surface area contributed by atoms with Crippen LogP contribution in [-0.2, 0) is 21.2 Å². The number of halogens is 1. The monoisotopic (exact) mass is 431 g/mol. The smallest absolute Gasteiger partial charge is 0.228 e. The lowest BCUT2D eigenvalue weighted by atomic mass is 10.0. The summed E-state index contributed by atoms with van der Waals surface area (Å²) in [6.45, 7) is 2.49. The third-order valence-electron chi connectivity index (χ3n) is 6.03. The van der Waals surface area contributed by atoms with Crippen LogP contribution in [0.25, 0.3) is 11.3 Å². The Morgan fingerprint density at radius 3 is 2.67 bits per heavy atom. The molecular formula is C22H26FN3O3S. The Morgan fingerprint density at radius 1 is 1.27 bits per heavy atom. The quantitative estimate of drug-likeness (QED) is 0.763. The number of carbonyl (C=O) groups excluding carboxylic acids is 1. The van der Waals surface area contributed by atoms with Crippen molar-refractivity contribution in [3.8, 4) is 11.3 Å². The van der Waals surface area contributed by atoms with E-state index in [4.69, 9.17) is 0 Å². The first kappa shape index (κ1) is 20.9. The maximum Gasteiger partial charge on any atom is 0.228 e. The number of likely N-dealkylation sites (tertiary alicyclic amines) is 1. The van der Waals surface area contributed by atoms with Crippen LogP contribution in [0.3, 0.4) is 0 Å². The molecule has 0 radical (unpaired) electrons. The van der Waals surface area contributed by atoms with Gasteiger partial charge in [0.2, 0.25) is 15.9 Å². The van der Waals surface area contributed by atoms with Gasteiger partial charge in [0.25, 0.3) is 0 Å². The van der Waals surface area contributed by atoms with Gasteiger partial charge in [0.15, 0.2) is 0 Å². The fourth-order valence-electron chi connectivity index (χ4n) is 4.13. The van der Waals surface area contributed by atoms with Gasteiger partial charge in [-0.2, -0.15) is 0 Å². The number of amides is 1. The van der Waals surface area contributed by atoms with Crippen LogP contribution in [0.2, 0.25) is 0 Å². The van der Waals surface area contributed by atoms with Crippen LogP contribution >= 0.6 is 0 Å². The molecule has 2 heterocycles. The molecule has 1 saturated heterocycles. The van der Waals surface area contributed by atoms with Gasteiger partial charge in [-0.05, 0) is 43.5 Å². The molecule has 1 aromatic carbocycles. The van der Waals surface area contributed by atoms with Crippen LogP contribution < -0.4 is 4.72 Å². The second-order valence-electron chi connectivity index (χ2n) is 8.64. The van der Waals surface area contributed by atoms with E-state index in [1.807, 2.05) is 30.0 Å². The molecule has 1 amide bonds. The van der Waals surface area contributed by atoms with Crippen molar-refractivity contribution in [2.75, 3.05) is 12.8 Å². The Hall–Kier alpha value is -2.32. The molecule has 160 valence electrons. The van der Waals surface area contributed by atoms with Crippen LogP contribution in [0.5, 0.6) is 0 Å². The van der Waals surface area contributed by atoms with E-state index >= 15 is 0 Å². The van der Waals surface area contributed by atoms with E-state index in [0.29, 0.717) is 30.6 Å². The van der Waals surface area contributed by atoms with Gasteiger partial charge in [-0.3, -0.25) is 9.78 Å². The Morgan fingerprint density at radius 2 is 2.00 bits per heavy atom. The molecule has 0 spiro atoms. The minimum Gasteiger partial charge on any atom is -0.337 e. The zero-order valence-corrected chi connectivity index (χ0v) is 18.0. The van der Waals surface area contributed by atoms with Gasteiger partial charge < -0.3 is 4.90 Å². The van der Waals surface area contributed by atoms with Gasteiger partial charge >= 0.3 is 0 Å². The second-order valence-corrected chi connectivity index (χ2v) is 10.4. The van der Waals surface area contributed by atoms with Crippen LogP contribution in [0.1, 0.15) is 31.9 Å². The molecule has 1 aliphatic heterocycles. The van der Waals surface area contributed by atoms with E-state index in [-0.39, 0.29) is 29.2 Å². The van der Waals surface area contributed by atoms with Crippen molar-refractivity contribution < 1.29 is 17.6 Å². The maximum absolute atomic E-state index is 13.6. The van der Waals surface area contributed by atoms with Gasteiger partial charge in [-0.1, -0.05) is 25.1 Å². The van der Waals surface area contributed by atoms with Gasteiger partial charge in [0, 0.05) is 35.7 Å². The predicted octanol–water partition coefficient (Wildman–Crippen LogP) is 2.75. The number of nitrogens with one attached hydrogen (secondary N) is 1. The van der Waals surface area contributed by atoms with E-state index < -0.39 is 10.0 Å². The van der Waals surface area contributed by atoms with Gasteiger partial charge in [0.05, 0.1) is 18.0 Å². The van der Waals surface area contributed by atoms with Crippen molar-refractivity contribution in [1.29, 1.82) is 0 Å². The summed E-state index contributed by atoms with van der Waals surface area (Å²) in [4.78, 5) is 19.5. The molecule has 6 nitrogen and oxygen atoms in total. The first-order valence-electron chi connectivity index (χ1n) is 10.1. The largest absolute Gasteiger partial charge is 0.337 e. The number of aromatic nitrogens is 1. The minimum absolute atomic E-state index is 0.0894. The maximum atomic E-state index is 13.6. The van der Waals surface area contributed by atoms with Crippen molar-refractivity contribution in [1.82, 2.24) is 14.6 Å². The third-order valence-corrected chi connectivity index (χ3v) is 6.76. The molecule has 4 rings (SSSR count). The highest BCUT2D eigenvalue weighted by Crippen LogP contribution is 2.47. The van der Waals surface area contributed by atoms with E-state index in [1.54, 1.807) is 12.1 Å². The van der Waals surface area contributed by atoms with Crippen LogP contribution in [-0.4, -0.2) is 49.1 Å².